The molecule has 0 bridgehead atoms. The summed E-state index contributed by atoms with van der Waals surface area (Å²) in [6, 6.07) is 17.8. The minimum atomic E-state index is 0.115. The molecular weight excluding hydrogens is 507 g/mol. The highest BCUT2D eigenvalue weighted by molar-refractivity contribution is 14.1. The van der Waals surface area contributed by atoms with Crippen molar-refractivity contribution in [1.29, 1.82) is 0 Å². The van der Waals surface area contributed by atoms with E-state index in [-0.39, 0.29) is 5.92 Å². The number of ether oxygens (including phenoxy) is 2. The summed E-state index contributed by atoms with van der Waals surface area (Å²) in [6.07, 6.45) is 3.56. The topological polar surface area (TPSA) is 18.5 Å². The molecule has 0 aliphatic heterocycles. The number of benzene rings is 3. The highest BCUT2D eigenvalue weighted by Crippen LogP contribution is 2.38. The lowest BCUT2D eigenvalue weighted by Crippen LogP contribution is -2.08. The molecule has 3 rings (SSSR count). The molecule has 0 aliphatic carbocycles. The summed E-state index contributed by atoms with van der Waals surface area (Å²) in [6.45, 7) is 17.0. The molecule has 0 fully saturated rings. The van der Waals surface area contributed by atoms with E-state index >= 15 is 0 Å². The summed E-state index contributed by atoms with van der Waals surface area (Å²) >= 11 is 2.36. The molecule has 166 valence electrons. The predicted molar refractivity (Wildman–Crippen MR) is 143 cm³/mol. The molecular formula is C29H31IO2. The monoisotopic (exact) mass is 538 g/mol. The third-order valence-corrected chi connectivity index (χ3v) is 6.25. The van der Waals surface area contributed by atoms with Crippen LogP contribution in [0.25, 0.3) is 0 Å². The van der Waals surface area contributed by atoms with E-state index in [2.05, 4.69) is 112 Å². The fraction of sp³-hybridized carbons (Fsp3) is 0.241. The SMILES string of the molecule is C=CCOc1c(C)cc(C(c2ccc(I)cc2)c2cc(C)c(OCC=C)c(C)c2)cc1C. The lowest BCUT2D eigenvalue weighted by molar-refractivity contribution is 0.358. The smallest absolute Gasteiger partial charge is 0.125 e. The maximum absolute atomic E-state index is 5.93. The van der Waals surface area contributed by atoms with Gasteiger partial charge in [-0.1, -0.05) is 61.7 Å². The average Bonchev–Trinajstić information content (AvgIpc) is 2.74. The van der Waals surface area contributed by atoms with Gasteiger partial charge in [-0.2, -0.15) is 0 Å². The van der Waals surface area contributed by atoms with Gasteiger partial charge in [0.05, 0.1) is 0 Å². The van der Waals surface area contributed by atoms with Gasteiger partial charge in [0, 0.05) is 9.49 Å². The quantitative estimate of drug-likeness (QED) is 0.157. The van der Waals surface area contributed by atoms with Crippen molar-refractivity contribution in [1.82, 2.24) is 0 Å². The van der Waals surface area contributed by atoms with Gasteiger partial charge in [-0.15, -0.1) is 0 Å². The van der Waals surface area contributed by atoms with Crippen molar-refractivity contribution in [3.05, 3.63) is 116 Å². The summed E-state index contributed by atoms with van der Waals surface area (Å²) in [5.74, 6) is 2.00. The Balaban J connectivity index is 2.15. The maximum Gasteiger partial charge on any atom is 0.125 e. The standard InChI is InChI=1S/C29H31IO2/c1-7-13-31-28-19(3)15-24(16-20(28)4)27(23-9-11-26(30)12-10-23)25-17-21(5)29(22(6)18-25)32-14-8-2/h7-12,15-18,27H,1-2,13-14H2,3-6H3. The normalized spacial score (nSPS) is 10.8. The van der Waals surface area contributed by atoms with E-state index in [1.165, 1.54) is 20.3 Å². The summed E-state index contributed by atoms with van der Waals surface area (Å²) < 4.78 is 13.1. The van der Waals surface area contributed by atoms with E-state index in [9.17, 15) is 0 Å². The number of halogens is 1. The van der Waals surface area contributed by atoms with E-state index in [0.717, 1.165) is 33.8 Å². The second kappa shape index (κ2) is 10.9. The summed E-state index contributed by atoms with van der Waals surface area (Å²) in [7, 11) is 0. The van der Waals surface area contributed by atoms with Gasteiger partial charge in [-0.3, -0.25) is 0 Å². The van der Waals surface area contributed by atoms with Gasteiger partial charge in [-0.25, -0.2) is 0 Å². The van der Waals surface area contributed by atoms with Crippen molar-refractivity contribution in [2.75, 3.05) is 13.2 Å². The van der Waals surface area contributed by atoms with Crippen molar-refractivity contribution in [2.24, 2.45) is 0 Å². The Morgan fingerprint density at radius 1 is 0.688 bits per heavy atom. The molecule has 0 aliphatic rings. The predicted octanol–water partition coefficient (Wildman–Crippen LogP) is 7.83. The lowest BCUT2D eigenvalue weighted by Gasteiger charge is -2.23. The minimum Gasteiger partial charge on any atom is -0.489 e. The van der Waals surface area contributed by atoms with Gasteiger partial charge in [0.2, 0.25) is 0 Å². The van der Waals surface area contributed by atoms with Crippen LogP contribution in [0.15, 0.2) is 73.8 Å². The van der Waals surface area contributed by atoms with E-state index in [1.54, 1.807) is 12.2 Å². The lowest BCUT2D eigenvalue weighted by atomic mass is 9.82. The third kappa shape index (κ3) is 5.44. The van der Waals surface area contributed by atoms with Crippen LogP contribution in [-0.2, 0) is 0 Å². The van der Waals surface area contributed by atoms with Crippen LogP contribution in [0.1, 0.15) is 44.9 Å². The molecule has 0 atom stereocenters. The van der Waals surface area contributed by atoms with Crippen LogP contribution in [0.4, 0.5) is 0 Å². The molecule has 3 aromatic carbocycles. The fourth-order valence-electron chi connectivity index (χ4n) is 4.27. The molecule has 0 unspecified atom stereocenters. The largest absolute Gasteiger partial charge is 0.489 e. The molecule has 0 aromatic heterocycles. The van der Waals surface area contributed by atoms with Crippen LogP contribution in [0.2, 0.25) is 0 Å². The zero-order valence-electron chi connectivity index (χ0n) is 19.4. The van der Waals surface area contributed by atoms with E-state index < -0.39 is 0 Å². The Morgan fingerprint density at radius 3 is 1.41 bits per heavy atom. The highest BCUT2D eigenvalue weighted by atomic mass is 127. The molecule has 3 heteroatoms. The molecule has 32 heavy (non-hydrogen) atoms. The molecule has 0 heterocycles. The number of hydrogen-bond acceptors (Lipinski definition) is 2. The van der Waals surface area contributed by atoms with Crippen LogP contribution in [0.5, 0.6) is 11.5 Å². The van der Waals surface area contributed by atoms with Crippen LogP contribution in [0, 0.1) is 31.3 Å². The van der Waals surface area contributed by atoms with Crippen LogP contribution < -0.4 is 9.47 Å². The van der Waals surface area contributed by atoms with Gasteiger partial charge < -0.3 is 9.47 Å². The molecule has 0 saturated heterocycles. The molecule has 2 nitrogen and oxygen atoms in total. The first-order valence-electron chi connectivity index (χ1n) is 10.8. The van der Waals surface area contributed by atoms with Crippen LogP contribution in [-0.4, -0.2) is 13.2 Å². The first-order chi connectivity index (χ1) is 15.3. The van der Waals surface area contributed by atoms with Crippen molar-refractivity contribution < 1.29 is 9.47 Å². The third-order valence-electron chi connectivity index (χ3n) is 5.53. The molecule has 3 aromatic rings. The van der Waals surface area contributed by atoms with Crippen molar-refractivity contribution in [3.63, 3.8) is 0 Å². The Bertz CT molecular complexity index is 999. The van der Waals surface area contributed by atoms with Gasteiger partial charge in [0.25, 0.3) is 0 Å². The van der Waals surface area contributed by atoms with Crippen LogP contribution in [0.3, 0.4) is 0 Å². The molecule has 0 radical (unpaired) electrons. The molecule has 0 amide bonds. The fourth-order valence-corrected chi connectivity index (χ4v) is 4.63. The summed E-state index contributed by atoms with van der Waals surface area (Å²) in [4.78, 5) is 0. The first kappa shape index (κ1) is 24.1. The number of hydrogen-bond donors (Lipinski definition) is 0. The minimum absolute atomic E-state index is 0.115. The van der Waals surface area contributed by atoms with Crippen molar-refractivity contribution >= 4 is 22.6 Å². The highest BCUT2D eigenvalue weighted by Gasteiger charge is 2.21. The van der Waals surface area contributed by atoms with Gasteiger partial charge in [-0.05, 0) is 101 Å². The van der Waals surface area contributed by atoms with E-state index in [1.807, 2.05) is 0 Å². The van der Waals surface area contributed by atoms with Gasteiger partial charge in [0.15, 0.2) is 0 Å². The van der Waals surface area contributed by atoms with E-state index in [4.69, 9.17) is 9.47 Å². The summed E-state index contributed by atoms with van der Waals surface area (Å²) in [5.41, 5.74) is 8.32. The second-order valence-electron chi connectivity index (χ2n) is 8.15. The second-order valence-corrected chi connectivity index (χ2v) is 9.40. The Morgan fingerprint density at radius 2 is 1.06 bits per heavy atom. The van der Waals surface area contributed by atoms with E-state index in [0.29, 0.717) is 13.2 Å². The molecule has 0 spiro atoms. The van der Waals surface area contributed by atoms with Gasteiger partial charge in [0.1, 0.15) is 24.7 Å². The number of aryl methyl sites for hydroxylation is 4. The van der Waals surface area contributed by atoms with Gasteiger partial charge >= 0.3 is 0 Å². The molecule has 0 N–H and O–H groups in total. The zero-order chi connectivity index (χ0) is 23.3. The summed E-state index contributed by atoms with van der Waals surface area (Å²) in [5, 5.41) is 0. The maximum atomic E-state index is 5.93. The Labute approximate surface area is 206 Å². The first-order valence-corrected chi connectivity index (χ1v) is 11.9. The average molecular weight is 538 g/mol. The molecule has 0 saturated carbocycles. The number of rotatable bonds is 9. The van der Waals surface area contributed by atoms with Crippen LogP contribution >= 0.6 is 22.6 Å². The van der Waals surface area contributed by atoms with Crippen molar-refractivity contribution in [2.45, 2.75) is 33.6 Å². The zero-order valence-corrected chi connectivity index (χ0v) is 21.5. The Kier molecular flexibility index (Phi) is 8.19. The Hall–Kier alpha value is -2.53. The van der Waals surface area contributed by atoms with Crippen molar-refractivity contribution in [3.8, 4) is 11.5 Å².